The van der Waals surface area contributed by atoms with Crippen LogP contribution in [0.25, 0.3) is 0 Å². The molecule has 0 aromatic heterocycles. The fraction of sp³-hybridized carbons (Fsp3) is 0.632. The second kappa shape index (κ2) is 8.21. The number of benzene rings is 1. The van der Waals surface area contributed by atoms with E-state index in [1.165, 1.54) is 5.56 Å². The van der Waals surface area contributed by atoms with E-state index in [0.717, 1.165) is 24.3 Å². The average molecular weight is 354 g/mol. The fourth-order valence-electron chi connectivity index (χ4n) is 3.33. The van der Waals surface area contributed by atoms with Crippen molar-refractivity contribution < 1.29 is 14.6 Å². The Balaban J connectivity index is 1.98. The second-order valence-corrected chi connectivity index (χ2v) is 7.91. The highest BCUT2D eigenvalue weighted by Crippen LogP contribution is 2.35. The summed E-state index contributed by atoms with van der Waals surface area (Å²) in [6.07, 6.45) is 2.35. The molecule has 1 heterocycles. The Bertz CT molecular complexity index is 531. The summed E-state index contributed by atoms with van der Waals surface area (Å²) in [5.41, 5.74) is 0.751. The molecule has 0 bridgehead atoms. The lowest BCUT2D eigenvalue weighted by atomic mass is 9.78. The monoisotopic (exact) mass is 353 g/mol. The van der Waals surface area contributed by atoms with Crippen LogP contribution in [0, 0.1) is 5.92 Å². The van der Waals surface area contributed by atoms with Crippen LogP contribution in [0.2, 0.25) is 5.02 Å². The number of nitrogens with zero attached hydrogens (tertiary/aromatic N) is 1. The topological polar surface area (TPSA) is 49.8 Å². The molecule has 1 aliphatic rings. The van der Waals surface area contributed by atoms with E-state index in [1.807, 2.05) is 45.0 Å². The zero-order valence-electron chi connectivity index (χ0n) is 14.8. The summed E-state index contributed by atoms with van der Waals surface area (Å²) >= 11 is 5.98. The van der Waals surface area contributed by atoms with Gasteiger partial charge in [-0.05, 0) is 69.6 Å². The average Bonchev–Trinajstić information content (AvgIpc) is 2.52. The summed E-state index contributed by atoms with van der Waals surface area (Å²) in [7, 11) is 0. The number of hydrogen-bond acceptors (Lipinski definition) is 3. The Morgan fingerprint density at radius 3 is 2.38 bits per heavy atom. The maximum Gasteiger partial charge on any atom is 0.410 e. The van der Waals surface area contributed by atoms with Gasteiger partial charge in [-0.15, -0.1) is 0 Å². The zero-order valence-corrected chi connectivity index (χ0v) is 15.6. The normalized spacial score (nSPS) is 17.6. The molecule has 5 heteroatoms. The van der Waals surface area contributed by atoms with Gasteiger partial charge >= 0.3 is 6.09 Å². The molecule has 134 valence electrons. The largest absolute Gasteiger partial charge is 0.444 e. The van der Waals surface area contributed by atoms with E-state index in [0.29, 0.717) is 24.9 Å². The lowest BCUT2D eigenvalue weighted by molar-refractivity contribution is 0.0170. The molecule has 1 unspecified atom stereocenters. The Morgan fingerprint density at radius 2 is 1.88 bits per heavy atom. The predicted molar refractivity (Wildman–Crippen MR) is 96.4 cm³/mol. The maximum atomic E-state index is 12.2. The standard InChI is InChI=1S/C19H28ClNO3/c1-19(2,3)24-18(23)21-11-8-15(9-12-21)17(10-13-22)14-4-6-16(20)7-5-14/h4-7,15,17,22H,8-13H2,1-3H3. The van der Waals surface area contributed by atoms with Gasteiger partial charge in [0, 0.05) is 24.7 Å². The van der Waals surface area contributed by atoms with Gasteiger partial charge in [-0.2, -0.15) is 0 Å². The minimum atomic E-state index is -0.462. The van der Waals surface area contributed by atoms with Crippen molar-refractivity contribution >= 4 is 17.7 Å². The lowest BCUT2D eigenvalue weighted by Crippen LogP contribution is -2.42. The van der Waals surface area contributed by atoms with Crippen LogP contribution in [0.15, 0.2) is 24.3 Å². The van der Waals surface area contributed by atoms with Crippen molar-refractivity contribution in [2.24, 2.45) is 5.92 Å². The van der Waals surface area contributed by atoms with Gasteiger partial charge in [0.05, 0.1) is 0 Å². The number of hydrogen-bond donors (Lipinski definition) is 1. The third-order valence-corrected chi connectivity index (χ3v) is 4.75. The van der Waals surface area contributed by atoms with Gasteiger partial charge in [0.25, 0.3) is 0 Å². The molecule has 0 spiro atoms. The van der Waals surface area contributed by atoms with Crippen molar-refractivity contribution in [2.45, 2.75) is 51.6 Å². The molecule has 1 aliphatic heterocycles. The summed E-state index contributed by atoms with van der Waals surface area (Å²) in [6.45, 7) is 7.23. The first kappa shape index (κ1) is 19.1. The summed E-state index contributed by atoms with van der Waals surface area (Å²) in [6, 6.07) is 7.89. The highest BCUT2D eigenvalue weighted by atomic mass is 35.5. The van der Waals surface area contributed by atoms with E-state index in [9.17, 15) is 9.90 Å². The number of rotatable bonds is 4. The van der Waals surface area contributed by atoms with E-state index >= 15 is 0 Å². The highest BCUT2D eigenvalue weighted by Gasteiger charge is 2.31. The van der Waals surface area contributed by atoms with Gasteiger partial charge in [-0.3, -0.25) is 0 Å². The molecule has 2 rings (SSSR count). The SMILES string of the molecule is CC(C)(C)OC(=O)N1CCC(C(CCO)c2ccc(Cl)cc2)CC1. The van der Waals surface area contributed by atoms with Gasteiger partial charge in [0.15, 0.2) is 0 Å². The van der Waals surface area contributed by atoms with Crippen LogP contribution in [-0.4, -0.2) is 41.4 Å². The number of aliphatic hydroxyl groups excluding tert-OH is 1. The molecule has 1 N–H and O–H groups in total. The van der Waals surface area contributed by atoms with Crippen LogP contribution in [0.5, 0.6) is 0 Å². The highest BCUT2D eigenvalue weighted by molar-refractivity contribution is 6.30. The number of piperidine rings is 1. The molecule has 1 aromatic rings. The third kappa shape index (κ3) is 5.38. The van der Waals surface area contributed by atoms with Crippen LogP contribution < -0.4 is 0 Å². The quantitative estimate of drug-likeness (QED) is 0.869. The van der Waals surface area contributed by atoms with Crippen LogP contribution in [0.1, 0.15) is 51.5 Å². The van der Waals surface area contributed by atoms with Gasteiger partial charge in [-0.25, -0.2) is 4.79 Å². The molecule has 0 saturated carbocycles. The summed E-state index contributed by atoms with van der Waals surface area (Å²) in [4.78, 5) is 14.0. The summed E-state index contributed by atoms with van der Waals surface area (Å²) in [5, 5.41) is 10.2. The number of amides is 1. The third-order valence-electron chi connectivity index (χ3n) is 4.50. The first-order valence-corrected chi connectivity index (χ1v) is 9.02. The van der Waals surface area contributed by atoms with Crippen LogP contribution >= 0.6 is 11.6 Å². The molecule has 1 fully saturated rings. The van der Waals surface area contributed by atoms with Crippen molar-refractivity contribution in [3.8, 4) is 0 Å². The number of likely N-dealkylation sites (tertiary alicyclic amines) is 1. The molecule has 4 nitrogen and oxygen atoms in total. The predicted octanol–water partition coefficient (Wildman–Crippen LogP) is 4.45. The smallest absolute Gasteiger partial charge is 0.410 e. The van der Waals surface area contributed by atoms with Gasteiger partial charge in [0.2, 0.25) is 0 Å². The first-order valence-electron chi connectivity index (χ1n) is 8.64. The molecule has 24 heavy (non-hydrogen) atoms. The summed E-state index contributed by atoms with van der Waals surface area (Å²) in [5.74, 6) is 0.755. The number of carbonyl (C=O) groups is 1. The fourth-order valence-corrected chi connectivity index (χ4v) is 3.46. The van der Waals surface area contributed by atoms with Gasteiger partial charge in [0.1, 0.15) is 5.60 Å². The molecule has 0 radical (unpaired) electrons. The van der Waals surface area contributed by atoms with Gasteiger partial charge in [-0.1, -0.05) is 23.7 Å². The van der Waals surface area contributed by atoms with Crippen molar-refractivity contribution in [3.63, 3.8) is 0 Å². The van der Waals surface area contributed by atoms with Crippen LogP contribution in [0.3, 0.4) is 0 Å². The van der Waals surface area contributed by atoms with E-state index in [1.54, 1.807) is 4.90 Å². The van der Waals surface area contributed by atoms with E-state index in [-0.39, 0.29) is 12.7 Å². The minimum Gasteiger partial charge on any atom is -0.444 e. The Kier molecular flexibility index (Phi) is 6.53. The second-order valence-electron chi connectivity index (χ2n) is 7.48. The van der Waals surface area contributed by atoms with Crippen molar-refractivity contribution in [2.75, 3.05) is 19.7 Å². The van der Waals surface area contributed by atoms with Crippen molar-refractivity contribution in [3.05, 3.63) is 34.9 Å². The Morgan fingerprint density at radius 1 is 1.29 bits per heavy atom. The molecular formula is C19H28ClNO3. The lowest BCUT2D eigenvalue weighted by Gasteiger charge is -2.37. The van der Waals surface area contributed by atoms with Crippen molar-refractivity contribution in [1.82, 2.24) is 4.90 Å². The van der Waals surface area contributed by atoms with Crippen LogP contribution in [-0.2, 0) is 4.74 Å². The molecule has 0 aliphatic carbocycles. The molecular weight excluding hydrogens is 326 g/mol. The van der Waals surface area contributed by atoms with Gasteiger partial charge < -0.3 is 14.7 Å². The van der Waals surface area contributed by atoms with E-state index in [2.05, 4.69) is 0 Å². The minimum absolute atomic E-state index is 0.166. The van der Waals surface area contributed by atoms with E-state index < -0.39 is 5.60 Å². The zero-order chi connectivity index (χ0) is 17.7. The number of halogens is 1. The summed E-state index contributed by atoms with van der Waals surface area (Å²) < 4.78 is 5.45. The Labute approximate surface area is 149 Å². The number of aliphatic hydroxyl groups is 1. The number of carbonyl (C=O) groups excluding carboxylic acids is 1. The first-order chi connectivity index (χ1) is 11.3. The molecule has 1 saturated heterocycles. The number of ether oxygens (including phenoxy) is 1. The Hall–Kier alpha value is -1.26. The molecule has 1 amide bonds. The van der Waals surface area contributed by atoms with Crippen molar-refractivity contribution in [1.29, 1.82) is 0 Å². The van der Waals surface area contributed by atoms with Crippen LogP contribution in [0.4, 0.5) is 4.79 Å². The van der Waals surface area contributed by atoms with E-state index in [4.69, 9.17) is 16.3 Å². The molecule has 1 atom stereocenters. The maximum absolute atomic E-state index is 12.2. The molecule has 1 aromatic carbocycles.